The van der Waals surface area contributed by atoms with E-state index in [-0.39, 0.29) is 12.1 Å². The minimum atomic E-state index is -0.496. The van der Waals surface area contributed by atoms with Crippen LogP contribution in [-0.4, -0.2) is 20.1 Å². The minimum Gasteiger partial charge on any atom is -0.497 e. The van der Waals surface area contributed by atoms with Crippen LogP contribution in [0.3, 0.4) is 0 Å². The molecule has 0 aromatic heterocycles. The first-order valence-electron chi connectivity index (χ1n) is 11.5. The summed E-state index contributed by atoms with van der Waals surface area (Å²) in [5.41, 5.74) is 2.37. The number of methoxy groups -OCH3 is 2. The first-order chi connectivity index (χ1) is 18.0. The zero-order valence-corrected chi connectivity index (χ0v) is 21.2. The molecule has 1 N–H and O–H groups in total. The summed E-state index contributed by atoms with van der Waals surface area (Å²) in [4.78, 5) is 12.6. The second kappa shape index (κ2) is 12.0. The summed E-state index contributed by atoms with van der Waals surface area (Å²) in [6, 6.07) is 26.7. The quantitative estimate of drug-likeness (QED) is 0.210. The Morgan fingerprint density at radius 3 is 2.49 bits per heavy atom. The maximum atomic E-state index is 12.6. The Hall–Kier alpha value is -4.47. The van der Waals surface area contributed by atoms with Crippen molar-refractivity contribution in [1.82, 2.24) is 5.32 Å². The van der Waals surface area contributed by atoms with Crippen LogP contribution in [0.4, 0.5) is 0 Å². The van der Waals surface area contributed by atoms with E-state index < -0.39 is 5.91 Å². The normalized spacial score (nSPS) is 11.0. The van der Waals surface area contributed by atoms with E-state index >= 15 is 0 Å². The highest BCUT2D eigenvalue weighted by Gasteiger charge is 2.15. The highest BCUT2D eigenvalue weighted by atomic mass is 35.5. The zero-order valence-electron chi connectivity index (χ0n) is 20.5. The van der Waals surface area contributed by atoms with Gasteiger partial charge in [-0.05, 0) is 57.8 Å². The number of fused-ring (bicyclic) bond motifs is 1. The summed E-state index contributed by atoms with van der Waals surface area (Å²) >= 11 is 6.54. The lowest BCUT2D eigenvalue weighted by Crippen LogP contribution is -2.23. The Kier molecular flexibility index (Phi) is 8.29. The topological polar surface area (TPSA) is 80.6 Å². The number of nitrogens with one attached hydrogen (secondary N) is 1. The molecule has 0 aliphatic rings. The first-order valence-corrected chi connectivity index (χ1v) is 11.9. The SMILES string of the molecule is COc1ccc(CNC(=O)/C(C#N)=C\c2cc(Cl)c(OCc3cccc4ccccc34)c(OC)c2)cc1. The van der Waals surface area contributed by atoms with Crippen LogP contribution in [0, 0.1) is 11.3 Å². The number of rotatable bonds is 9. The molecule has 0 aliphatic carbocycles. The second-order valence-corrected chi connectivity index (χ2v) is 8.57. The number of hydrogen-bond acceptors (Lipinski definition) is 5. The number of carbonyl (C=O) groups excluding carboxylic acids is 1. The van der Waals surface area contributed by atoms with Gasteiger partial charge < -0.3 is 19.5 Å². The Labute approximate surface area is 220 Å². The summed E-state index contributed by atoms with van der Waals surface area (Å²) in [5.74, 6) is 1.01. The maximum Gasteiger partial charge on any atom is 0.262 e. The van der Waals surface area contributed by atoms with Gasteiger partial charge in [0.05, 0.1) is 19.2 Å². The molecule has 0 radical (unpaired) electrons. The molecule has 0 heterocycles. The third-order valence-electron chi connectivity index (χ3n) is 5.79. The molecule has 0 aliphatic heterocycles. The second-order valence-electron chi connectivity index (χ2n) is 8.16. The molecule has 6 nitrogen and oxygen atoms in total. The lowest BCUT2D eigenvalue weighted by molar-refractivity contribution is -0.117. The number of nitrogens with zero attached hydrogens (tertiary/aromatic N) is 1. The van der Waals surface area contributed by atoms with E-state index in [9.17, 15) is 10.1 Å². The van der Waals surface area contributed by atoms with Crippen molar-refractivity contribution in [2.24, 2.45) is 0 Å². The molecule has 4 aromatic rings. The van der Waals surface area contributed by atoms with Gasteiger partial charge in [-0.1, -0.05) is 66.2 Å². The average Bonchev–Trinajstić information content (AvgIpc) is 2.94. The molecule has 37 heavy (non-hydrogen) atoms. The van der Waals surface area contributed by atoms with E-state index in [1.807, 2.05) is 60.7 Å². The largest absolute Gasteiger partial charge is 0.497 e. The number of amides is 1. The molecular weight excluding hydrogens is 488 g/mol. The number of nitriles is 1. The van der Waals surface area contributed by atoms with E-state index in [1.165, 1.54) is 13.2 Å². The molecule has 0 atom stereocenters. The van der Waals surface area contributed by atoms with Crippen LogP contribution in [-0.2, 0) is 17.9 Å². The van der Waals surface area contributed by atoms with Crippen molar-refractivity contribution < 1.29 is 19.0 Å². The molecule has 1 amide bonds. The maximum absolute atomic E-state index is 12.6. The van der Waals surface area contributed by atoms with Crippen molar-refractivity contribution in [3.05, 3.63) is 106 Å². The van der Waals surface area contributed by atoms with Gasteiger partial charge in [0, 0.05) is 6.54 Å². The molecule has 0 unspecified atom stereocenters. The van der Waals surface area contributed by atoms with Crippen molar-refractivity contribution in [2.45, 2.75) is 13.2 Å². The third-order valence-corrected chi connectivity index (χ3v) is 6.07. The third kappa shape index (κ3) is 6.21. The van der Waals surface area contributed by atoms with Gasteiger partial charge in [0.15, 0.2) is 11.5 Å². The van der Waals surface area contributed by atoms with E-state index in [0.717, 1.165) is 27.6 Å². The van der Waals surface area contributed by atoms with Gasteiger partial charge in [-0.15, -0.1) is 0 Å². The molecule has 0 saturated carbocycles. The van der Waals surface area contributed by atoms with Gasteiger partial charge in [-0.25, -0.2) is 0 Å². The van der Waals surface area contributed by atoms with Gasteiger partial charge in [0.2, 0.25) is 0 Å². The van der Waals surface area contributed by atoms with Crippen LogP contribution >= 0.6 is 11.6 Å². The molecule has 186 valence electrons. The molecule has 0 fully saturated rings. The van der Waals surface area contributed by atoms with Gasteiger partial charge in [-0.2, -0.15) is 5.26 Å². The van der Waals surface area contributed by atoms with Crippen molar-refractivity contribution >= 4 is 34.4 Å². The number of carbonyl (C=O) groups is 1. The Bertz CT molecular complexity index is 1480. The van der Waals surface area contributed by atoms with Crippen LogP contribution < -0.4 is 19.5 Å². The number of benzene rings is 4. The smallest absolute Gasteiger partial charge is 0.262 e. The van der Waals surface area contributed by atoms with Crippen molar-refractivity contribution in [3.8, 4) is 23.3 Å². The Morgan fingerprint density at radius 2 is 1.76 bits per heavy atom. The Morgan fingerprint density at radius 1 is 1.00 bits per heavy atom. The van der Waals surface area contributed by atoms with Gasteiger partial charge in [-0.3, -0.25) is 4.79 Å². The van der Waals surface area contributed by atoms with Crippen LogP contribution in [0.15, 0.2) is 84.4 Å². The van der Waals surface area contributed by atoms with Gasteiger partial charge in [0.25, 0.3) is 5.91 Å². The van der Waals surface area contributed by atoms with Crippen LogP contribution in [0.25, 0.3) is 16.8 Å². The van der Waals surface area contributed by atoms with E-state index in [2.05, 4.69) is 5.32 Å². The average molecular weight is 513 g/mol. The molecule has 0 bridgehead atoms. The summed E-state index contributed by atoms with van der Waals surface area (Å²) in [5, 5.41) is 14.9. The summed E-state index contributed by atoms with van der Waals surface area (Å²) in [6.45, 7) is 0.566. The van der Waals surface area contributed by atoms with Crippen molar-refractivity contribution in [1.29, 1.82) is 5.26 Å². The molecular formula is C30H25ClN2O4. The standard InChI is InChI=1S/C30H25ClN2O4/c1-35-25-12-10-20(11-13-25)18-33-30(34)24(17-32)14-21-15-27(31)29(28(16-21)36-2)37-19-23-8-5-7-22-6-3-4-9-26(22)23/h3-16H,18-19H2,1-2H3,(H,33,34)/b24-14-. The van der Waals surface area contributed by atoms with E-state index in [4.69, 9.17) is 25.8 Å². The van der Waals surface area contributed by atoms with Crippen molar-refractivity contribution in [3.63, 3.8) is 0 Å². The fourth-order valence-electron chi connectivity index (χ4n) is 3.87. The van der Waals surface area contributed by atoms with E-state index in [1.54, 1.807) is 31.4 Å². The van der Waals surface area contributed by atoms with Crippen LogP contribution in [0.5, 0.6) is 17.2 Å². The molecule has 0 spiro atoms. The van der Waals surface area contributed by atoms with E-state index in [0.29, 0.717) is 28.7 Å². The lowest BCUT2D eigenvalue weighted by atomic mass is 10.1. The molecule has 0 saturated heterocycles. The fourth-order valence-corrected chi connectivity index (χ4v) is 4.14. The first kappa shape index (κ1) is 25.6. The molecule has 4 rings (SSSR count). The number of ether oxygens (including phenoxy) is 3. The predicted molar refractivity (Wildman–Crippen MR) is 145 cm³/mol. The molecule has 4 aromatic carbocycles. The van der Waals surface area contributed by atoms with Crippen LogP contribution in [0.2, 0.25) is 5.02 Å². The fraction of sp³-hybridized carbons (Fsp3) is 0.133. The summed E-state index contributed by atoms with van der Waals surface area (Å²) in [7, 11) is 3.10. The molecule has 7 heteroatoms. The Balaban J connectivity index is 1.50. The monoisotopic (exact) mass is 512 g/mol. The lowest BCUT2D eigenvalue weighted by Gasteiger charge is -2.14. The highest BCUT2D eigenvalue weighted by molar-refractivity contribution is 6.32. The number of hydrogen-bond donors (Lipinski definition) is 1. The van der Waals surface area contributed by atoms with Crippen molar-refractivity contribution in [2.75, 3.05) is 14.2 Å². The van der Waals surface area contributed by atoms with Gasteiger partial charge in [0.1, 0.15) is 24.0 Å². The summed E-state index contributed by atoms with van der Waals surface area (Å²) < 4.78 is 16.7. The highest BCUT2D eigenvalue weighted by Crippen LogP contribution is 2.38. The predicted octanol–water partition coefficient (Wildman–Crippen LogP) is 6.31. The minimum absolute atomic E-state index is 0.0592. The number of halogens is 1. The summed E-state index contributed by atoms with van der Waals surface area (Å²) in [6.07, 6.45) is 1.46. The van der Waals surface area contributed by atoms with Crippen LogP contribution in [0.1, 0.15) is 16.7 Å². The zero-order chi connectivity index (χ0) is 26.2. The van der Waals surface area contributed by atoms with Gasteiger partial charge >= 0.3 is 0 Å².